The van der Waals surface area contributed by atoms with Gasteiger partial charge in [-0.3, -0.25) is 4.79 Å². The van der Waals surface area contributed by atoms with E-state index >= 15 is 0 Å². The Balaban J connectivity index is 2.46. The molecule has 0 spiro atoms. The summed E-state index contributed by atoms with van der Waals surface area (Å²) in [7, 11) is 0. The molecular weight excluding hydrogens is 350 g/mol. The molecule has 0 aliphatic carbocycles. The fourth-order valence-electron chi connectivity index (χ4n) is 2.28. The van der Waals surface area contributed by atoms with Crippen molar-refractivity contribution in [1.29, 1.82) is 0 Å². The lowest BCUT2D eigenvalue weighted by Crippen LogP contribution is -2.51. The highest BCUT2D eigenvalue weighted by atomic mass is 79.9. The standard InChI is InChI=1S/C13H13BrClNO4/c1-2-16-10(17)6-20-12(13(18)19)11(16)7-3-4-8(14)9(15)5-7/h3-5,11-12H,2,6H2,1H3,(H,18,19). The molecule has 2 rings (SSSR count). The van der Waals surface area contributed by atoms with Crippen LogP contribution in [0.5, 0.6) is 0 Å². The fourth-order valence-corrected chi connectivity index (χ4v) is 2.72. The molecule has 1 fully saturated rings. The smallest absolute Gasteiger partial charge is 0.335 e. The van der Waals surface area contributed by atoms with Crippen molar-refractivity contribution in [2.75, 3.05) is 13.2 Å². The average molecular weight is 363 g/mol. The molecule has 2 atom stereocenters. The van der Waals surface area contributed by atoms with Crippen molar-refractivity contribution in [3.63, 3.8) is 0 Å². The molecule has 20 heavy (non-hydrogen) atoms. The largest absolute Gasteiger partial charge is 0.479 e. The molecule has 0 radical (unpaired) electrons. The zero-order valence-corrected chi connectivity index (χ0v) is 13.0. The van der Waals surface area contributed by atoms with Crippen molar-refractivity contribution in [2.24, 2.45) is 0 Å². The molecule has 1 aliphatic rings. The Hall–Kier alpha value is -1.11. The van der Waals surface area contributed by atoms with E-state index in [2.05, 4.69) is 15.9 Å². The number of benzene rings is 1. The zero-order chi connectivity index (χ0) is 14.9. The molecule has 108 valence electrons. The van der Waals surface area contributed by atoms with E-state index in [1.807, 2.05) is 0 Å². The van der Waals surface area contributed by atoms with Gasteiger partial charge in [-0.25, -0.2) is 4.79 Å². The second-order valence-corrected chi connectivity index (χ2v) is 5.63. The van der Waals surface area contributed by atoms with Crippen LogP contribution in [0.15, 0.2) is 22.7 Å². The van der Waals surface area contributed by atoms with Crippen molar-refractivity contribution in [2.45, 2.75) is 19.1 Å². The number of aliphatic carboxylic acids is 1. The number of halogens is 2. The molecule has 1 aromatic rings. The second-order valence-electron chi connectivity index (χ2n) is 4.37. The maximum absolute atomic E-state index is 11.9. The molecule has 1 N–H and O–H groups in total. The highest BCUT2D eigenvalue weighted by Crippen LogP contribution is 2.33. The third kappa shape index (κ3) is 2.82. The first-order valence-corrected chi connectivity index (χ1v) is 7.21. The Bertz CT molecular complexity index is 549. The SMILES string of the molecule is CCN1C(=O)COC(C(=O)O)C1c1ccc(Br)c(Cl)c1. The lowest BCUT2D eigenvalue weighted by atomic mass is 9.98. The average Bonchev–Trinajstić information content (AvgIpc) is 2.41. The Morgan fingerprint density at radius 3 is 2.85 bits per heavy atom. The van der Waals surface area contributed by atoms with Gasteiger partial charge in [0.1, 0.15) is 6.61 Å². The number of carboxylic acid groups (broad SMARTS) is 1. The molecule has 7 heteroatoms. The van der Waals surface area contributed by atoms with Crippen LogP contribution in [0.25, 0.3) is 0 Å². The van der Waals surface area contributed by atoms with Crippen molar-refractivity contribution < 1.29 is 19.4 Å². The maximum atomic E-state index is 11.9. The molecule has 0 bridgehead atoms. The van der Waals surface area contributed by atoms with Crippen molar-refractivity contribution in [1.82, 2.24) is 4.90 Å². The number of carbonyl (C=O) groups is 2. The summed E-state index contributed by atoms with van der Waals surface area (Å²) in [4.78, 5) is 24.7. The summed E-state index contributed by atoms with van der Waals surface area (Å²) in [5.41, 5.74) is 0.639. The van der Waals surface area contributed by atoms with Crippen LogP contribution < -0.4 is 0 Å². The number of amides is 1. The summed E-state index contributed by atoms with van der Waals surface area (Å²) in [6, 6.07) is 4.44. The van der Waals surface area contributed by atoms with Gasteiger partial charge >= 0.3 is 5.97 Å². The van der Waals surface area contributed by atoms with E-state index in [4.69, 9.17) is 16.3 Å². The molecule has 1 amide bonds. The second kappa shape index (κ2) is 6.11. The van der Waals surface area contributed by atoms with E-state index in [1.54, 1.807) is 25.1 Å². The van der Waals surface area contributed by atoms with Crippen LogP contribution in [0.1, 0.15) is 18.5 Å². The van der Waals surface area contributed by atoms with E-state index in [1.165, 1.54) is 4.90 Å². The van der Waals surface area contributed by atoms with E-state index < -0.39 is 18.1 Å². The number of hydrogen-bond acceptors (Lipinski definition) is 3. The first-order chi connectivity index (χ1) is 9.45. The van der Waals surface area contributed by atoms with Gasteiger partial charge in [0, 0.05) is 11.0 Å². The third-order valence-corrected chi connectivity index (χ3v) is 4.43. The minimum absolute atomic E-state index is 0.217. The number of ether oxygens (including phenoxy) is 1. The molecule has 0 saturated carbocycles. The van der Waals surface area contributed by atoms with Gasteiger partial charge in [-0.1, -0.05) is 17.7 Å². The number of rotatable bonds is 3. The van der Waals surface area contributed by atoms with Gasteiger partial charge in [0.2, 0.25) is 5.91 Å². The van der Waals surface area contributed by atoms with Gasteiger partial charge in [-0.15, -0.1) is 0 Å². The highest BCUT2D eigenvalue weighted by Gasteiger charge is 2.41. The molecule has 0 aromatic heterocycles. The Labute approximate surface area is 129 Å². The predicted octanol–water partition coefficient (Wildman–Crippen LogP) is 2.48. The van der Waals surface area contributed by atoms with Crippen LogP contribution >= 0.6 is 27.5 Å². The number of hydrogen-bond donors (Lipinski definition) is 1. The first-order valence-electron chi connectivity index (χ1n) is 6.04. The van der Waals surface area contributed by atoms with Crippen LogP contribution in [0.2, 0.25) is 5.02 Å². The Kier molecular flexibility index (Phi) is 4.67. The third-order valence-electron chi connectivity index (χ3n) is 3.20. The molecule has 1 saturated heterocycles. The summed E-state index contributed by atoms with van der Waals surface area (Å²) in [6.45, 7) is 1.99. The fraction of sp³-hybridized carbons (Fsp3) is 0.385. The summed E-state index contributed by atoms with van der Waals surface area (Å²) >= 11 is 9.33. The van der Waals surface area contributed by atoms with Gasteiger partial charge < -0.3 is 14.7 Å². The van der Waals surface area contributed by atoms with Gasteiger partial charge in [-0.05, 0) is 40.5 Å². The highest BCUT2D eigenvalue weighted by molar-refractivity contribution is 9.10. The Morgan fingerprint density at radius 2 is 2.30 bits per heavy atom. The lowest BCUT2D eigenvalue weighted by Gasteiger charge is -2.39. The lowest BCUT2D eigenvalue weighted by molar-refractivity contribution is -0.172. The van der Waals surface area contributed by atoms with E-state index in [0.717, 1.165) is 0 Å². The number of likely N-dealkylation sites (N-methyl/N-ethyl adjacent to an activating group) is 1. The minimum atomic E-state index is -1.10. The molecular formula is C13H13BrClNO4. The Morgan fingerprint density at radius 1 is 1.60 bits per heavy atom. The summed E-state index contributed by atoms with van der Waals surface area (Å²) in [5, 5.41) is 9.75. The van der Waals surface area contributed by atoms with Gasteiger partial charge in [0.15, 0.2) is 6.10 Å². The summed E-state index contributed by atoms with van der Waals surface area (Å²) < 4.78 is 5.88. The van der Waals surface area contributed by atoms with E-state index in [0.29, 0.717) is 21.6 Å². The molecule has 5 nitrogen and oxygen atoms in total. The summed E-state index contributed by atoms with van der Waals surface area (Å²) in [6.07, 6.45) is -1.09. The van der Waals surface area contributed by atoms with Crippen LogP contribution in [0.4, 0.5) is 0 Å². The molecule has 1 heterocycles. The van der Waals surface area contributed by atoms with Crippen molar-refractivity contribution >= 4 is 39.4 Å². The molecule has 2 unspecified atom stereocenters. The zero-order valence-electron chi connectivity index (χ0n) is 10.7. The van der Waals surface area contributed by atoms with E-state index in [-0.39, 0.29) is 12.5 Å². The maximum Gasteiger partial charge on any atom is 0.335 e. The predicted molar refractivity (Wildman–Crippen MR) is 76.7 cm³/mol. The van der Waals surface area contributed by atoms with Gasteiger partial charge in [0.25, 0.3) is 0 Å². The quantitative estimate of drug-likeness (QED) is 0.897. The van der Waals surface area contributed by atoms with E-state index in [9.17, 15) is 14.7 Å². The van der Waals surface area contributed by atoms with Crippen LogP contribution in [0, 0.1) is 0 Å². The van der Waals surface area contributed by atoms with Gasteiger partial charge in [0.05, 0.1) is 11.1 Å². The molecule has 1 aromatic carbocycles. The number of morpholine rings is 1. The van der Waals surface area contributed by atoms with Gasteiger partial charge in [-0.2, -0.15) is 0 Å². The first kappa shape index (κ1) is 15.3. The van der Waals surface area contributed by atoms with Crippen molar-refractivity contribution in [3.8, 4) is 0 Å². The molecule has 1 aliphatic heterocycles. The number of carbonyl (C=O) groups excluding carboxylic acids is 1. The minimum Gasteiger partial charge on any atom is -0.479 e. The van der Waals surface area contributed by atoms with Crippen LogP contribution in [-0.2, 0) is 14.3 Å². The number of carboxylic acids is 1. The topological polar surface area (TPSA) is 66.8 Å². The van der Waals surface area contributed by atoms with Crippen LogP contribution in [0.3, 0.4) is 0 Å². The monoisotopic (exact) mass is 361 g/mol. The normalized spacial score (nSPS) is 22.9. The summed E-state index contributed by atoms with van der Waals surface area (Å²) in [5.74, 6) is -1.32. The van der Waals surface area contributed by atoms with Crippen molar-refractivity contribution in [3.05, 3.63) is 33.3 Å². The van der Waals surface area contributed by atoms with Crippen LogP contribution in [-0.4, -0.2) is 41.1 Å². The number of nitrogens with zero attached hydrogens (tertiary/aromatic N) is 1.